The number of carbonyl (C=O) groups is 2. The Morgan fingerprint density at radius 3 is 2.67 bits per heavy atom. The van der Waals surface area contributed by atoms with Crippen LogP contribution < -0.4 is 10.0 Å². The van der Waals surface area contributed by atoms with Crippen LogP contribution in [0, 0.1) is 0 Å². The normalized spacial score (nSPS) is 17.6. The number of carbonyl (C=O) groups excluding carboxylic acids is 2. The molecule has 1 heterocycles. The smallest absolute Gasteiger partial charge is 0.330 e. The van der Waals surface area contributed by atoms with E-state index in [1.54, 1.807) is 0 Å². The van der Waals surface area contributed by atoms with E-state index >= 15 is 0 Å². The van der Waals surface area contributed by atoms with Gasteiger partial charge in [-0.2, -0.15) is 0 Å². The molecule has 1 saturated heterocycles. The number of amides is 1. The van der Waals surface area contributed by atoms with Crippen LogP contribution in [0.25, 0.3) is 0 Å². The highest BCUT2D eigenvalue weighted by atomic mass is 35.5. The van der Waals surface area contributed by atoms with Crippen LogP contribution in [0.2, 0.25) is 5.02 Å². The number of methoxy groups -OCH3 is 1. The number of hydrogen-bond donors (Lipinski definition) is 2. The van der Waals surface area contributed by atoms with Gasteiger partial charge in [-0.25, -0.2) is 17.9 Å². The van der Waals surface area contributed by atoms with Crippen LogP contribution in [0.15, 0.2) is 23.1 Å². The van der Waals surface area contributed by atoms with Gasteiger partial charge in [0.2, 0.25) is 10.0 Å². The molecule has 8 nitrogen and oxygen atoms in total. The Bertz CT molecular complexity index is 819. The highest BCUT2D eigenvalue weighted by molar-refractivity contribution is 7.89. The van der Waals surface area contributed by atoms with Gasteiger partial charge in [-0.3, -0.25) is 4.79 Å². The molecule has 1 aliphatic rings. The quantitative estimate of drug-likeness (QED) is 0.649. The molecule has 10 heteroatoms. The Labute approximate surface area is 163 Å². The number of rotatable bonds is 7. The summed E-state index contributed by atoms with van der Waals surface area (Å²) in [5, 5.41) is 2.49. The monoisotopic (exact) mass is 418 g/mol. The summed E-state index contributed by atoms with van der Waals surface area (Å²) in [4.78, 5) is 23.9. The predicted octanol–water partition coefficient (Wildman–Crippen LogP) is 1.48. The largest absolute Gasteiger partial charge is 0.467 e. The van der Waals surface area contributed by atoms with Crippen molar-refractivity contribution in [1.82, 2.24) is 10.0 Å². The minimum Gasteiger partial charge on any atom is -0.467 e. The number of hydrogen-bond acceptors (Lipinski definition) is 6. The van der Waals surface area contributed by atoms with Crippen LogP contribution in [-0.4, -0.2) is 52.2 Å². The summed E-state index contributed by atoms with van der Waals surface area (Å²) in [6.07, 6.45) is 1.49. The maximum Gasteiger partial charge on any atom is 0.330 e. The van der Waals surface area contributed by atoms with E-state index in [0.29, 0.717) is 6.61 Å². The van der Waals surface area contributed by atoms with Crippen LogP contribution in [0.4, 0.5) is 0 Å². The number of nitrogens with one attached hydrogen (secondary N) is 2. The molecule has 2 rings (SSSR count). The van der Waals surface area contributed by atoms with Crippen LogP contribution in [0.3, 0.4) is 0 Å². The van der Waals surface area contributed by atoms with Crippen molar-refractivity contribution < 1.29 is 27.5 Å². The first-order chi connectivity index (χ1) is 12.6. The molecule has 0 aromatic heterocycles. The minimum absolute atomic E-state index is 0.0152. The van der Waals surface area contributed by atoms with Crippen molar-refractivity contribution in [3.63, 3.8) is 0 Å². The Kier molecular flexibility index (Phi) is 6.85. The minimum atomic E-state index is -3.93. The molecule has 1 amide bonds. The van der Waals surface area contributed by atoms with Crippen molar-refractivity contribution in [3.05, 3.63) is 28.8 Å². The summed E-state index contributed by atoms with van der Waals surface area (Å²) < 4.78 is 37.6. The first-order valence-electron chi connectivity index (χ1n) is 8.38. The Morgan fingerprint density at radius 1 is 1.37 bits per heavy atom. The Morgan fingerprint density at radius 2 is 2.07 bits per heavy atom. The van der Waals surface area contributed by atoms with Crippen molar-refractivity contribution >= 4 is 33.5 Å². The molecule has 2 N–H and O–H groups in total. The van der Waals surface area contributed by atoms with E-state index in [4.69, 9.17) is 16.3 Å². The summed E-state index contributed by atoms with van der Waals surface area (Å²) in [5.74, 6) is -1.26. The van der Waals surface area contributed by atoms with E-state index in [9.17, 15) is 18.0 Å². The highest BCUT2D eigenvalue weighted by Crippen LogP contribution is 2.23. The lowest BCUT2D eigenvalue weighted by Crippen LogP contribution is -2.50. The molecular formula is C17H23ClN2O6S. The summed E-state index contributed by atoms with van der Waals surface area (Å²) in [7, 11) is -2.72. The SMILES string of the molecule is COC(=O)C(C)(C)NC(=O)c1ccc(Cl)c(S(=O)(=O)NCC2CCCO2)c1. The highest BCUT2D eigenvalue weighted by Gasteiger charge is 2.31. The lowest BCUT2D eigenvalue weighted by Gasteiger charge is -2.23. The van der Waals surface area contributed by atoms with E-state index in [1.807, 2.05) is 0 Å². The van der Waals surface area contributed by atoms with E-state index in [-0.39, 0.29) is 28.1 Å². The first-order valence-corrected chi connectivity index (χ1v) is 10.2. The average Bonchev–Trinajstić information content (AvgIpc) is 3.12. The zero-order chi connectivity index (χ0) is 20.2. The number of sulfonamides is 1. The third-order valence-electron chi connectivity index (χ3n) is 4.13. The van der Waals surface area contributed by atoms with Gasteiger partial charge >= 0.3 is 5.97 Å². The van der Waals surface area contributed by atoms with E-state index < -0.39 is 27.4 Å². The zero-order valence-electron chi connectivity index (χ0n) is 15.4. The topological polar surface area (TPSA) is 111 Å². The molecule has 1 aliphatic heterocycles. The fraction of sp³-hybridized carbons (Fsp3) is 0.529. The molecule has 0 saturated carbocycles. The summed E-state index contributed by atoms with van der Waals surface area (Å²) in [5.41, 5.74) is -1.23. The molecule has 1 atom stereocenters. The molecule has 0 aliphatic carbocycles. The summed E-state index contributed by atoms with van der Waals surface area (Å²) in [6.45, 7) is 3.70. The molecule has 150 valence electrons. The van der Waals surface area contributed by atoms with E-state index in [0.717, 1.165) is 12.8 Å². The second-order valence-electron chi connectivity index (χ2n) is 6.70. The number of halogens is 1. The molecule has 1 unspecified atom stereocenters. The van der Waals surface area contributed by atoms with Crippen LogP contribution >= 0.6 is 11.6 Å². The first kappa shape index (κ1) is 21.6. The number of benzene rings is 1. The van der Waals surface area contributed by atoms with Gasteiger partial charge in [-0.15, -0.1) is 0 Å². The van der Waals surface area contributed by atoms with Crippen molar-refractivity contribution in [3.8, 4) is 0 Å². The lowest BCUT2D eigenvalue weighted by atomic mass is 10.1. The van der Waals surface area contributed by atoms with Gasteiger partial charge in [0.05, 0.1) is 18.2 Å². The van der Waals surface area contributed by atoms with Gasteiger partial charge in [0.15, 0.2) is 0 Å². The average molecular weight is 419 g/mol. The van der Waals surface area contributed by atoms with Crippen molar-refractivity contribution in [1.29, 1.82) is 0 Å². The fourth-order valence-corrected chi connectivity index (χ4v) is 4.19. The van der Waals surface area contributed by atoms with E-state index in [1.165, 1.54) is 39.2 Å². The maximum absolute atomic E-state index is 12.6. The third-order valence-corrected chi connectivity index (χ3v) is 6.03. The van der Waals surface area contributed by atoms with Crippen LogP contribution in [0.1, 0.15) is 37.0 Å². The standard InChI is InChI=1S/C17H23ClN2O6S/c1-17(2,16(22)25-3)20-15(21)11-6-7-13(18)14(9-11)27(23,24)19-10-12-5-4-8-26-12/h6-7,9,12,19H,4-5,8,10H2,1-3H3,(H,20,21). The van der Waals surface area contributed by atoms with Gasteiger partial charge in [0.1, 0.15) is 10.4 Å². The van der Waals surface area contributed by atoms with Gasteiger partial charge in [-0.05, 0) is 44.9 Å². The van der Waals surface area contributed by atoms with E-state index in [2.05, 4.69) is 14.8 Å². The van der Waals surface area contributed by atoms with Gasteiger partial charge in [-0.1, -0.05) is 11.6 Å². The molecule has 1 aromatic carbocycles. The number of esters is 1. The third kappa shape index (κ3) is 5.41. The van der Waals surface area contributed by atoms with Crippen LogP contribution in [-0.2, 0) is 24.3 Å². The molecule has 0 spiro atoms. The van der Waals surface area contributed by atoms with Gasteiger partial charge < -0.3 is 14.8 Å². The van der Waals surface area contributed by atoms with Crippen molar-refractivity contribution in [2.24, 2.45) is 0 Å². The molecule has 0 bridgehead atoms. The second-order valence-corrected chi connectivity index (χ2v) is 8.85. The van der Waals surface area contributed by atoms with Crippen molar-refractivity contribution in [2.75, 3.05) is 20.3 Å². The summed E-state index contributed by atoms with van der Waals surface area (Å²) in [6, 6.07) is 3.87. The maximum atomic E-state index is 12.6. The van der Waals surface area contributed by atoms with Crippen molar-refractivity contribution in [2.45, 2.75) is 43.2 Å². The van der Waals surface area contributed by atoms with Crippen LogP contribution in [0.5, 0.6) is 0 Å². The molecular weight excluding hydrogens is 396 g/mol. The summed E-state index contributed by atoms with van der Waals surface area (Å²) >= 11 is 6.03. The molecule has 1 fully saturated rings. The number of ether oxygens (including phenoxy) is 2. The molecule has 0 radical (unpaired) electrons. The van der Waals surface area contributed by atoms with Gasteiger partial charge in [0, 0.05) is 18.7 Å². The Hall–Kier alpha value is -1.68. The molecule has 27 heavy (non-hydrogen) atoms. The Balaban J connectivity index is 2.19. The lowest BCUT2D eigenvalue weighted by molar-refractivity contribution is -0.146. The van der Waals surface area contributed by atoms with Gasteiger partial charge in [0.25, 0.3) is 5.91 Å². The molecule has 1 aromatic rings. The second kappa shape index (κ2) is 8.55. The predicted molar refractivity (Wildman–Crippen MR) is 99.2 cm³/mol. The zero-order valence-corrected chi connectivity index (χ0v) is 16.9. The fourth-order valence-electron chi connectivity index (χ4n) is 2.60.